The highest BCUT2D eigenvalue weighted by molar-refractivity contribution is 5.17. The molecule has 1 saturated carbocycles. The first-order valence-corrected chi connectivity index (χ1v) is 5.24. The van der Waals surface area contributed by atoms with Crippen molar-refractivity contribution in [3.8, 4) is 0 Å². The van der Waals surface area contributed by atoms with Gasteiger partial charge in [0.2, 0.25) is 0 Å². The van der Waals surface area contributed by atoms with E-state index >= 15 is 0 Å². The lowest BCUT2D eigenvalue weighted by Crippen LogP contribution is -2.29. The topological polar surface area (TPSA) is 12.0 Å². The minimum absolute atomic E-state index is 0.138. The molecule has 1 aromatic rings. The van der Waals surface area contributed by atoms with Gasteiger partial charge in [-0.15, -0.1) is 0 Å². The van der Waals surface area contributed by atoms with Crippen LogP contribution < -0.4 is 5.32 Å². The van der Waals surface area contributed by atoms with E-state index in [0.29, 0.717) is 6.04 Å². The Labute approximate surface area is 84.3 Å². The molecule has 2 rings (SSSR count). The van der Waals surface area contributed by atoms with E-state index < -0.39 is 0 Å². The monoisotopic (exact) mass is 193 g/mol. The Hall–Kier alpha value is -0.890. The van der Waals surface area contributed by atoms with Gasteiger partial charge in [0.25, 0.3) is 0 Å². The Morgan fingerprint density at radius 1 is 1.50 bits per heavy atom. The SMILES string of the molecule is CC(Cc1cccc(F)c1)NC1CC1. The summed E-state index contributed by atoms with van der Waals surface area (Å²) in [6.07, 6.45) is 3.51. The molecule has 0 bridgehead atoms. The fourth-order valence-electron chi connectivity index (χ4n) is 1.73. The van der Waals surface area contributed by atoms with Crippen molar-refractivity contribution >= 4 is 0 Å². The first-order chi connectivity index (χ1) is 6.74. The highest BCUT2D eigenvalue weighted by Crippen LogP contribution is 2.20. The van der Waals surface area contributed by atoms with Gasteiger partial charge in [-0.2, -0.15) is 0 Å². The normalized spacial score (nSPS) is 18.1. The lowest BCUT2D eigenvalue weighted by molar-refractivity contribution is 0.540. The van der Waals surface area contributed by atoms with Crippen molar-refractivity contribution in [1.82, 2.24) is 5.32 Å². The molecular weight excluding hydrogens is 177 g/mol. The van der Waals surface area contributed by atoms with Gasteiger partial charge in [-0.3, -0.25) is 0 Å². The molecule has 1 aliphatic carbocycles. The van der Waals surface area contributed by atoms with Crippen LogP contribution in [0.15, 0.2) is 24.3 Å². The molecule has 0 aliphatic heterocycles. The summed E-state index contributed by atoms with van der Waals surface area (Å²) in [4.78, 5) is 0. The Kier molecular flexibility index (Phi) is 2.82. The number of hydrogen-bond acceptors (Lipinski definition) is 1. The summed E-state index contributed by atoms with van der Waals surface area (Å²) in [5.41, 5.74) is 1.07. The van der Waals surface area contributed by atoms with Crippen molar-refractivity contribution < 1.29 is 4.39 Å². The second-order valence-electron chi connectivity index (χ2n) is 4.18. The molecule has 1 unspecified atom stereocenters. The standard InChI is InChI=1S/C12H16FN/c1-9(14-12-5-6-12)7-10-3-2-4-11(13)8-10/h2-4,8-9,12,14H,5-7H2,1H3. The van der Waals surface area contributed by atoms with Crippen molar-refractivity contribution in [2.45, 2.75) is 38.3 Å². The Morgan fingerprint density at radius 3 is 2.93 bits per heavy atom. The maximum Gasteiger partial charge on any atom is 0.123 e. The van der Waals surface area contributed by atoms with E-state index in [1.165, 1.54) is 18.9 Å². The zero-order valence-corrected chi connectivity index (χ0v) is 8.46. The number of rotatable bonds is 4. The van der Waals surface area contributed by atoms with Gasteiger partial charge in [0.05, 0.1) is 0 Å². The molecule has 0 amide bonds. The van der Waals surface area contributed by atoms with Gasteiger partial charge in [0.1, 0.15) is 5.82 Å². The van der Waals surface area contributed by atoms with Gasteiger partial charge in [-0.1, -0.05) is 12.1 Å². The molecule has 1 aliphatic rings. The molecule has 0 radical (unpaired) electrons. The van der Waals surface area contributed by atoms with Crippen LogP contribution in [-0.2, 0) is 6.42 Å². The van der Waals surface area contributed by atoms with E-state index in [1.807, 2.05) is 6.07 Å². The quantitative estimate of drug-likeness (QED) is 0.774. The summed E-state index contributed by atoms with van der Waals surface area (Å²) in [6, 6.07) is 8.03. The second kappa shape index (κ2) is 4.09. The third-order valence-electron chi connectivity index (χ3n) is 2.53. The first-order valence-electron chi connectivity index (χ1n) is 5.24. The molecule has 14 heavy (non-hydrogen) atoms. The Bertz CT molecular complexity index is 307. The van der Waals surface area contributed by atoms with E-state index in [-0.39, 0.29) is 5.82 Å². The van der Waals surface area contributed by atoms with Gasteiger partial charge < -0.3 is 5.32 Å². The van der Waals surface area contributed by atoms with Gasteiger partial charge in [0, 0.05) is 12.1 Å². The van der Waals surface area contributed by atoms with Crippen LogP contribution >= 0.6 is 0 Å². The summed E-state index contributed by atoms with van der Waals surface area (Å²) in [7, 11) is 0. The van der Waals surface area contributed by atoms with E-state index in [4.69, 9.17) is 0 Å². The smallest absolute Gasteiger partial charge is 0.123 e. The maximum atomic E-state index is 12.9. The summed E-state index contributed by atoms with van der Waals surface area (Å²) < 4.78 is 12.9. The number of halogens is 1. The highest BCUT2D eigenvalue weighted by Gasteiger charge is 2.22. The van der Waals surface area contributed by atoms with Crippen molar-refractivity contribution in [3.63, 3.8) is 0 Å². The largest absolute Gasteiger partial charge is 0.311 e. The highest BCUT2D eigenvalue weighted by atomic mass is 19.1. The predicted octanol–water partition coefficient (Wildman–Crippen LogP) is 2.51. The van der Waals surface area contributed by atoms with Gasteiger partial charge >= 0.3 is 0 Å². The zero-order valence-electron chi connectivity index (χ0n) is 8.46. The van der Waals surface area contributed by atoms with Crippen molar-refractivity contribution in [1.29, 1.82) is 0 Å². The molecule has 0 spiro atoms. The van der Waals surface area contributed by atoms with Crippen LogP contribution in [0.25, 0.3) is 0 Å². The fourth-order valence-corrected chi connectivity index (χ4v) is 1.73. The lowest BCUT2D eigenvalue weighted by atomic mass is 10.1. The van der Waals surface area contributed by atoms with E-state index in [1.54, 1.807) is 12.1 Å². The van der Waals surface area contributed by atoms with Crippen LogP contribution in [0.4, 0.5) is 4.39 Å². The summed E-state index contributed by atoms with van der Waals surface area (Å²) in [5, 5.41) is 3.50. The van der Waals surface area contributed by atoms with Crippen molar-refractivity contribution in [2.75, 3.05) is 0 Å². The van der Waals surface area contributed by atoms with Crippen LogP contribution in [0, 0.1) is 5.82 Å². The van der Waals surface area contributed by atoms with Crippen molar-refractivity contribution in [3.05, 3.63) is 35.6 Å². The molecule has 0 heterocycles. The molecule has 1 fully saturated rings. The molecule has 0 saturated heterocycles. The number of benzene rings is 1. The summed E-state index contributed by atoms with van der Waals surface area (Å²) >= 11 is 0. The van der Waals surface area contributed by atoms with E-state index in [2.05, 4.69) is 12.2 Å². The average Bonchev–Trinajstić information content (AvgIpc) is 2.87. The summed E-state index contributed by atoms with van der Waals surface area (Å²) in [6.45, 7) is 2.16. The van der Waals surface area contributed by atoms with Crippen LogP contribution in [0.5, 0.6) is 0 Å². The third-order valence-corrected chi connectivity index (χ3v) is 2.53. The Morgan fingerprint density at radius 2 is 2.29 bits per heavy atom. The van der Waals surface area contributed by atoms with Crippen LogP contribution in [0.3, 0.4) is 0 Å². The van der Waals surface area contributed by atoms with Gasteiger partial charge in [-0.25, -0.2) is 4.39 Å². The van der Waals surface area contributed by atoms with Crippen LogP contribution in [0.1, 0.15) is 25.3 Å². The molecule has 1 N–H and O–H groups in total. The molecular formula is C12H16FN. The van der Waals surface area contributed by atoms with Crippen LogP contribution in [-0.4, -0.2) is 12.1 Å². The fraction of sp³-hybridized carbons (Fsp3) is 0.500. The van der Waals surface area contributed by atoms with E-state index in [9.17, 15) is 4.39 Å². The predicted molar refractivity (Wildman–Crippen MR) is 55.7 cm³/mol. The Balaban J connectivity index is 1.88. The molecule has 76 valence electrons. The van der Waals surface area contributed by atoms with Crippen LogP contribution in [0.2, 0.25) is 0 Å². The molecule has 1 nitrogen and oxygen atoms in total. The lowest BCUT2D eigenvalue weighted by Gasteiger charge is -2.12. The van der Waals surface area contributed by atoms with Gasteiger partial charge in [-0.05, 0) is 43.9 Å². The molecule has 2 heteroatoms. The van der Waals surface area contributed by atoms with Gasteiger partial charge in [0.15, 0.2) is 0 Å². The maximum absolute atomic E-state index is 12.9. The van der Waals surface area contributed by atoms with E-state index in [0.717, 1.165) is 18.0 Å². The average molecular weight is 193 g/mol. The molecule has 1 atom stereocenters. The summed E-state index contributed by atoms with van der Waals surface area (Å²) in [5.74, 6) is -0.138. The molecule has 0 aromatic heterocycles. The zero-order chi connectivity index (χ0) is 9.97. The number of hydrogen-bond donors (Lipinski definition) is 1. The number of nitrogens with one attached hydrogen (secondary N) is 1. The first kappa shape index (κ1) is 9.66. The minimum atomic E-state index is -0.138. The second-order valence-corrected chi connectivity index (χ2v) is 4.18. The minimum Gasteiger partial charge on any atom is -0.311 e. The third kappa shape index (κ3) is 2.81. The van der Waals surface area contributed by atoms with Crippen molar-refractivity contribution in [2.24, 2.45) is 0 Å². The molecule has 1 aromatic carbocycles.